The van der Waals surface area contributed by atoms with E-state index in [1.165, 1.54) is 0 Å². The molecule has 0 amide bonds. The molecule has 1 rings (SSSR count). The quantitative estimate of drug-likeness (QED) is 0.771. The van der Waals surface area contributed by atoms with Gasteiger partial charge in [0.05, 0.1) is 0 Å². The zero-order valence-corrected chi connectivity index (χ0v) is 8.54. The van der Waals surface area contributed by atoms with Crippen molar-refractivity contribution in [3.8, 4) is 0 Å². The van der Waals surface area contributed by atoms with Gasteiger partial charge in [0.2, 0.25) is 0 Å². The molecule has 0 aromatic carbocycles. The average molecular weight is 179 g/mol. The van der Waals surface area contributed by atoms with Crippen LogP contribution in [0.1, 0.15) is 38.9 Å². The van der Waals surface area contributed by atoms with Gasteiger partial charge >= 0.3 is 0 Å². The van der Waals surface area contributed by atoms with Gasteiger partial charge in [0.15, 0.2) is 0 Å². The standard InChI is InChI=1S/C10H17N3/c1-4-8(3)10-12-7-6-9(13-10)11-5-2/h6-8H,4-5H2,1-3H3,(H,11,12,13). The molecule has 72 valence electrons. The zero-order chi connectivity index (χ0) is 9.68. The van der Waals surface area contributed by atoms with Crippen molar-refractivity contribution < 1.29 is 0 Å². The van der Waals surface area contributed by atoms with E-state index in [4.69, 9.17) is 0 Å². The molecule has 1 aromatic rings. The molecular weight excluding hydrogens is 162 g/mol. The number of rotatable bonds is 4. The minimum absolute atomic E-state index is 0.443. The van der Waals surface area contributed by atoms with Crippen molar-refractivity contribution in [1.82, 2.24) is 9.97 Å². The van der Waals surface area contributed by atoms with Crippen molar-refractivity contribution in [3.05, 3.63) is 18.1 Å². The van der Waals surface area contributed by atoms with Gasteiger partial charge < -0.3 is 5.32 Å². The van der Waals surface area contributed by atoms with Gasteiger partial charge in [-0.05, 0) is 19.4 Å². The molecule has 1 heterocycles. The zero-order valence-electron chi connectivity index (χ0n) is 8.54. The second-order valence-corrected chi connectivity index (χ2v) is 3.14. The van der Waals surface area contributed by atoms with Crippen LogP contribution in [0.15, 0.2) is 12.3 Å². The van der Waals surface area contributed by atoms with E-state index in [1.807, 2.05) is 12.3 Å². The first kappa shape index (κ1) is 9.96. The molecule has 0 aliphatic rings. The second kappa shape index (κ2) is 4.80. The Morgan fingerprint density at radius 1 is 1.46 bits per heavy atom. The molecular formula is C10H17N3. The van der Waals surface area contributed by atoms with Gasteiger partial charge in [-0.2, -0.15) is 0 Å². The highest BCUT2D eigenvalue weighted by molar-refractivity contribution is 5.32. The van der Waals surface area contributed by atoms with Gasteiger partial charge in [-0.15, -0.1) is 0 Å². The number of hydrogen-bond donors (Lipinski definition) is 1. The van der Waals surface area contributed by atoms with Crippen LogP contribution in [-0.2, 0) is 0 Å². The molecule has 0 saturated heterocycles. The van der Waals surface area contributed by atoms with Crippen LogP contribution in [0.3, 0.4) is 0 Å². The van der Waals surface area contributed by atoms with Gasteiger partial charge in [-0.1, -0.05) is 13.8 Å². The highest BCUT2D eigenvalue weighted by atomic mass is 15.0. The lowest BCUT2D eigenvalue weighted by Crippen LogP contribution is -2.04. The summed E-state index contributed by atoms with van der Waals surface area (Å²) in [6, 6.07) is 1.90. The van der Waals surface area contributed by atoms with E-state index < -0.39 is 0 Å². The van der Waals surface area contributed by atoms with E-state index in [9.17, 15) is 0 Å². The molecule has 0 bridgehead atoms. The van der Waals surface area contributed by atoms with Crippen LogP contribution in [0.25, 0.3) is 0 Å². The fourth-order valence-corrected chi connectivity index (χ4v) is 1.07. The summed E-state index contributed by atoms with van der Waals surface area (Å²) in [5.74, 6) is 2.30. The molecule has 0 spiro atoms. The van der Waals surface area contributed by atoms with Crippen molar-refractivity contribution in [2.75, 3.05) is 11.9 Å². The third kappa shape index (κ3) is 2.68. The first-order chi connectivity index (χ1) is 6.27. The number of hydrogen-bond acceptors (Lipinski definition) is 3. The van der Waals surface area contributed by atoms with Gasteiger partial charge in [0.1, 0.15) is 11.6 Å². The SMILES string of the molecule is CCNc1ccnc(C(C)CC)n1. The van der Waals surface area contributed by atoms with E-state index in [-0.39, 0.29) is 0 Å². The summed E-state index contributed by atoms with van der Waals surface area (Å²) >= 11 is 0. The Morgan fingerprint density at radius 3 is 2.85 bits per heavy atom. The lowest BCUT2D eigenvalue weighted by molar-refractivity contribution is 0.679. The maximum Gasteiger partial charge on any atom is 0.133 e. The van der Waals surface area contributed by atoms with Crippen LogP contribution in [0.2, 0.25) is 0 Å². The van der Waals surface area contributed by atoms with Crippen molar-refractivity contribution in [1.29, 1.82) is 0 Å². The molecule has 1 aromatic heterocycles. The predicted molar refractivity (Wildman–Crippen MR) is 54.9 cm³/mol. The molecule has 0 fully saturated rings. The number of nitrogens with zero attached hydrogens (tertiary/aromatic N) is 2. The molecule has 0 saturated carbocycles. The molecule has 13 heavy (non-hydrogen) atoms. The monoisotopic (exact) mass is 179 g/mol. The Balaban J connectivity index is 2.78. The minimum atomic E-state index is 0.443. The van der Waals surface area contributed by atoms with Crippen molar-refractivity contribution in [2.45, 2.75) is 33.1 Å². The van der Waals surface area contributed by atoms with Gasteiger partial charge in [0.25, 0.3) is 0 Å². The summed E-state index contributed by atoms with van der Waals surface area (Å²) in [5, 5.41) is 3.18. The molecule has 1 N–H and O–H groups in total. The fourth-order valence-electron chi connectivity index (χ4n) is 1.07. The third-order valence-corrected chi connectivity index (χ3v) is 2.09. The topological polar surface area (TPSA) is 37.8 Å². The Bertz CT molecular complexity index is 260. The van der Waals surface area contributed by atoms with Gasteiger partial charge in [-0.3, -0.25) is 0 Å². The maximum absolute atomic E-state index is 4.41. The molecule has 0 aliphatic carbocycles. The van der Waals surface area contributed by atoms with E-state index >= 15 is 0 Å². The molecule has 1 atom stereocenters. The van der Waals surface area contributed by atoms with Crippen molar-refractivity contribution >= 4 is 5.82 Å². The van der Waals surface area contributed by atoms with Crippen molar-refractivity contribution in [2.24, 2.45) is 0 Å². The summed E-state index contributed by atoms with van der Waals surface area (Å²) in [6.45, 7) is 7.25. The first-order valence-electron chi connectivity index (χ1n) is 4.84. The van der Waals surface area contributed by atoms with Gasteiger partial charge in [-0.25, -0.2) is 9.97 Å². The van der Waals surface area contributed by atoms with E-state index in [1.54, 1.807) is 0 Å². The lowest BCUT2D eigenvalue weighted by Gasteiger charge is -2.08. The van der Waals surface area contributed by atoms with E-state index in [2.05, 4.69) is 36.1 Å². The molecule has 3 nitrogen and oxygen atoms in total. The fraction of sp³-hybridized carbons (Fsp3) is 0.600. The smallest absolute Gasteiger partial charge is 0.133 e. The highest BCUT2D eigenvalue weighted by Gasteiger charge is 2.05. The normalized spacial score (nSPS) is 12.5. The molecule has 0 aliphatic heterocycles. The lowest BCUT2D eigenvalue weighted by atomic mass is 10.1. The largest absolute Gasteiger partial charge is 0.370 e. The number of anilines is 1. The molecule has 3 heteroatoms. The first-order valence-corrected chi connectivity index (χ1v) is 4.84. The van der Waals surface area contributed by atoms with Crippen LogP contribution in [-0.4, -0.2) is 16.5 Å². The van der Waals surface area contributed by atoms with Crippen LogP contribution in [0, 0.1) is 0 Å². The van der Waals surface area contributed by atoms with Crippen LogP contribution >= 0.6 is 0 Å². The Morgan fingerprint density at radius 2 is 2.23 bits per heavy atom. The summed E-state index contributed by atoms with van der Waals surface area (Å²) in [7, 11) is 0. The number of nitrogens with one attached hydrogen (secondary N) is 1. The predicted octanol–water partition coefficient (Wildman–Crippen LogP) is 2.42. The maximum atomic E-state index is 4.41. The third-order valence-electron chi connectivity index (χ3n) is 2.09. The second-order valence-electron chi connectivity index (χ2n) is 3.14. The minimum Gasteiger partial charge on any atom is -0.370 e. The van der Waals surface area contributed by atoms with Gasteiger partial charge in [0, 0.05) is 18.7 Å². The molecule has 1 unspecified atom stereocenters. The van der Waals surface area contributed by atoms with Crippen LogP contribution in [0.4, 0.5) is 5.82 Å². The highest BCUT2D eigenvalue weighted by Crippen LogP contribution is 2.14. The summed E-state index contributed by atoms with van der Waals surface area (Å²) in [4.78, 5) is 8.65. The molecule has 0 radical (unpaired) electrons. The van der Waals surface area contributed by atoms with Crippen LogP contribution in [0.5, 0.6) is 0 Å². The average Bonchev–Trinajstić information content (AvgIpc) is 2.18. The number of aromatic nitrogens is 2. The van der Waals surface area contributed by atoms with E-state index in [0.717, 1.165) is 24.6 Å². The Labute approximate surface area is 79.6 Å². The summed E-state index contributed by atoms with van der Waals surface area (Å²) < 4.78 is 0. The summed E-state index contributed by atoms with van der Waals surface area (Å²) in [5.41, 5.74) is 0. The van der Waals surface area contributed by atoms with Crippen LogP contribution < -0.4 is 5.32 Å². The Kier molecular flexibility index (Phi) is 3.68. The van der Waals surface area contributed by atoms with Crippen molar-refractivity contribution in [3.63, 3.8) is 0 Å². The summed E-state index contributed by atoms with van der Waals surface area (Å²) in [6.07, 6.45) is 2.89. The van der Waals surface area contributed by atoms with E-state index in [0.29, 0.717) is 5.92 Å². The Hall–Kier alpha value is -1.12.